The fourth-order valence-corrected chi connectivity index (χ4v) is 3.78. The Balaban J connectivity index is 1.79. The molecular weight excluding hydrogens is 264 g/mol. The van der Waals surface area contributed by atoms with Crippen LogP contribution in [0.15, 0.2) is 12.1 Å². The molecule has 4 nitrogen and oxygen atoms in total. The maximum absolute atomic E-state index is 6.03. The molecule has 116 valence electrons. The van der Waals surface area contributed by atoms with Crippen LogP contribution < -0.4 is 10.5 Å². The highest BCUT2D eigenvalue weighted by Gasteiger charge is 2.26. The minimum Gasteiger partial charge on any atom is -0.467 e. The summed E-state index contributed by atoms with van der Waals surface area (Å²) in [5.41, 5.74) is 9.09. The Hall–Kier alpha value is -1.26. The van der Waals surface area contributed by atoms with E-state index in [1.807, 2.05) is 12.1 Å². The summed E-state index contributed by atoms with van der Waals surface area (Å²) in [7, 11) is 2.22. The molecule has 2 aliphatic rings. The molecule has 1 heterocycles. The first-order valence-electron chi connectivity index (χ1n) is 7.97. The van der Waals surface area contributed by atoms with Gasteiger partial charge in [0.25, 0.3) is 0 Å². The van der Waals surface area contributed by atoms with Crippen molar-refractivity contribution in [1.29, 1.82) is 0 Å². The predicted molar refractivity (Wildman–Crippen MR) is 84.0 cm³/mol. The van der Waals surface area contributed by atoms with E-state index in [-0.39, 0.29) is 0 Å². The molecule has 4 heteroatoms. The Morgan fingerprint density at radius 2 is 2.10 bits per heavy atom. The number of fused-ring (bicyclic) bond motifs is 1. The zero-order chi connectivity index (χ0) is 14.8. The largest absolute Gasteiger partial charge is 0.467 e. The number of ether oxygens (including phenoxy) is 2. The van der Waals surface area contributed by atoms with Crippen LogP contribution in [0.5, 0.6) is 5.75 Å². The van der Waals surface area contributed by atoms with Crippen molar-refractivity contribution in [3.05, 3.63) is 23.3 Å². The maximum atomic E-state index is 6.03. The minimum absolute atomic E-state index is 0.341. The summed E-state index contributed by atoms with van der Waals surface area (Å²) < 4.78 is 11.1. The third-order valence-electron chi connectivity index (χ3n) is 4.86. The summed E-state index contributed by atoms with van der Waals surface area (Å²) in [5.74, 6) is 1.75. The zero-order valence-corrected chi connectivity index (χ0v) is 13.1. The molecule has 1 fully saturated rings. The highest BCUT2D eigenvalue weighted by molar-refractivity contribution is 5.53. The van der Waals surface area contributed by atoms with E-state index < -0.39 is 0 Å². The minimum atomic E-state index is 0.341. The van der Waals surface area contributed by atoms with Gasteiger partial charge in [0.05, 0.1) is 6.61 Å². The number of nitrogen functional groups attached to an aromatic ring is 1. The van der Waals surface area contributed by atoms with Crippen LogP contribution in [0.1, 0.15) is 43.7 Å². The predicted octanol–water partition coefficient (Wildman–Crippen LogP) is 3.15. The molecule has 3 rings (SSSR count). The zero-order valence-electron chi connectivity index (χ0n) is 13.1. The van der Waals surface area contributed by atoms with Gasteiger partial charge in [-0.2, -0.15) is 0 Å². The molecule has 1 aromatic carbocycles. The lowest BCUT2D eigenvalue weighted by atomic mass is 9.85. The number of nitrogens with zero attached hydrogens (tertiary/aromatic N) is 1. The monoisotopic (exact) mass is 290 g/mol. The molecule has 0 spiro atoms. The Morgan fingerprint density at radius 3 is 2.90 bits per heavy atom. The number of hydrogen-bond donors (Lipinski definition) is 1. The fourth-order valence-electron chi connectivity index (χ4n) is 3.78. The van der Waals surface area contributed by atoms with Gasteiger partial charge < -0.3 is 15.2 Å². The summed E-state index contributed by atoms with van der Waals surface area (Å²) in [5, 5.41) is 0. The Kier molecular flexibility index (Phi) is 4.36. The number of benzene rings is 1. The molecule has 2 N–H and O–H groups in total. The van der Waals surface area contributed by atoms with Gasteiger partial charge in [0.2, 0.25) is 0 Å². The Morgan fingerprint density at radius 1 is 1.29 bits per heavy atom. The molecule has 1 aromatic rings. The van der Waals surface area contributed by atoms with E-state index in [1.54, 1.807) is 0 Å². The smallest absolute Gasteiger partial charge is 0.189 e. The molecule has 0 bridgehead atoms. The van der Waals surface area contributed by atoms with Gasteiger partial charge in [0, 0.05) is 29.4 Å². The van der Waals surface area contributed by atoms with Crippen LogP contribution in [0.3, 0.4) is 0 Å². The second-order valence-corrected chi connectivity index (χ2v) is 6.52. The molecule has 0 saturated heterocycles. The molecule has 2 unspecified atom stereocenters. The van der Waals surface area contributed by atoms with E-state index in [9.17, 15) is 0 Å². The number of hydrogen-bond acceptors (Lipinski definition) is 4. The van der Waals surface area contributed by atoms with Crippen molar-refractivity contribution in [2.24, 2.45) is 5.92 Å². The fraction of sp³-hybridized carbons (Fsp3) is 0.647. The molecule has 1 aliphatic carbocycles. The topological polar surface area (TPSA) is 47.7 Å². The molecule has 0 aromatic heterocycles. The highest BCUT2D eigenvalue weighted by atomic mass is 16.7. The Bertz CT molecular complexity index is 504. The first-order chi connectivity index (χ1) is 10.1. The van der Waals surface area contributed by atoms with Gasteiger partial charge >= 0.3 is 0 Å². The third-order valence-corrected chi connectivity index (χ3v) is 4.86. The van der Waals surface area contributed by atoms with E-state index in [1.165, 1.54) is 31.2 Å². The van der Waals surface area contributed by atoms with Gasteiger partial charge in [0.15, 0.2) is 6.79 Å². The molecule has 21 heavy (non-hydrogen) atoms. The van der Waals surface area contributed by atoms with Gasteiger partial charge in [-0.25, -0.2) is 0 Å². The van der Waals surface area contributed by atoms with Gasteiger partial charge in [-0.3, -0.25) is 4.90 Å². The van der Waals surface area contributed by atoms with E-state index in [0.29, 0.717) is 19.4 Å². The second kappa shape index (κ2) is 6.24. The summed E-state index contributed by atoms with van der Waals surface area (Å²) in [6, 6.07) is 4.67. The summed E-state index contributed by atoms with van der Waals surface area (Å²) in [6.07, 6.45) is 5.36. The second-order valence-electron chi connectivity index (χ2n) is 6.52. The van der Waals surface area contributed by atoms with Crippen molar-refractivity contribution in [2.45, 2.75) is 51.8 Å². The first kappa shape index (κ1) is 14.7. The lowest BCUT2D eigenvalue weighted by Crippen LogP contribution is -2.38. The van der Waals surface area contributed by atoms with Gasteiger partial charge in [-0.15, -0.1) is 0 Å². The Labute approximate surface area is 127 Å². The van der Waals surface area contributed by atoms with Gasteiger partial charge in [0.1, 0.15) is 5.75 Å². The van der Waals surface area contributed by atoms with Crippen LogP contribution in [0.25, 0.3) is 0 Å². The molecule has 1 aliphatic heterocycles. The molecule has 1 saturated carbocycles. The quantitative estimate of drug-likeness (QED) is 0.869. The third kappa shape index (κ3) is 3.16. The lowest BCUT2D eigenvalue weighted by molar-refractivity contribution is -0.0176. The summed E-state index contributed by atoms with van der Waals surface area (Å²) in [4.78, 5) is 2.47. The summed E-state index contributed by atoms with van der Waals surface area (Å²) >= 11 is 0. The van der Waals surface area contributed by atoms with E-state index in [0.717, 1.165) is 29.5 Å². The number of anilines is 1. The van der Waals surface area contributed by atoms with Crippen molar-refractivity contribution < 1.29 is 9.47 Å². The van der Waals surface area contributed by atoms with Crippen LogP contribution in [0.4, 0.5) is 5.69 Å². The normalized spacial score (nSPS) is 25.5. The number of rotatable bonds is 3. The van der Waals surface area contributed by atoms with Crippen LogP contribution in [0.2, 0.25) is 0 Å². The average Bonchev–Trinajstić information content (AvgIpc) is 2.47. The van der Waals surface area contributed by atoms with E-state index >= 15 is 0 Å². The van der Waals surface area contributed by atoms with Crippen LogP contribution in [0, 0.1) is 5.92 Å². The van der Waals surface area contributed by atoms with E-state index in [2.05, 4.69) is 18.9 Å². The lowest BCUT2D eigenvalue weighted by Gasteiger charge is -2.36. The molecule has 2 atom stereocenters. The first-order valence-corrected chi connectivity index (χ1v) is 7.97. The van der Waals surface area contributed by atoms with Gasteiger partial charge in [-0.05, 0) is 37.9 Å². The summed E-state index contributed by atoms with van der Waals surface area (Å²) in [6.45, 7) is 4.20. The molecule has 0 amide bonds. The van der Waals surface area contributed by atoms with Crippen LogP contribution in [-0.4, -0.2) is 24.8 Å². The van der Waals surface area contributed by atoms with Crippen molar-refractivity contribution in [3.63, 3.8) is 0 Å². The van der Waals surface area contributed by atoms with E-state index in [4.69, 9.17) is 15.2 Å². The van der Waals surface area contributed by atoms with Crippen LogP contribution in [-0.2, 0) is 17.9 Å². The number of nitrogens with two attached hydrogens (primary N) is 1. The van der Waals surface area contributed by atoms with Crippen molar-refractivity contribution >= 4 is 5.69 Å². The standard InChI is InChI=1S/C17H26N2O2/c1-12-5-3-4-6-16(12)19(2)9-13-7-15(18)8-14-10-20-11-21-17(13)14/h7-8,12,16H,3-6,9-11,18H2,1-2H3. The van der Waals surface area contributed by atoms with Crippen molar-refractivity contribution in [3.8, 4) is 5.75 Å². The van der Waals surface area contributed by atoms with Crippen molar-refractivity contribution in [1.82, 2.24) is 4.90 Å². The molecule has 0 radical (unpaired) electrons. The highest BCUT2D eigenvalue weighted by Crippen LogP contribution is 2.34. The van der Waals surface area contributed by atoms with Crippen molar-refractivity contribution in [2.75, 3.05) is 19.6 Å². The maximum Gasteiger partial charge on any atom is 0.189 e. The van der Waals surface area contributed by atoms with Gasteiger partial charge in [-0.1, -0.05) is 19.8 Å². The SMILES string of the molecule is CC1CCCCC1N(C)Cc1cc(N)cc2c1OCOC2. The van der Waals surface area contributed by atoms with Crippen LogP contribution >= 0.6 is 0 Å². The molecular formula is C17H26N2O2. The average molecular weight is 290 g/mol.